The molecule has 1 N–H and O–H groups in total. The summed E-state index contributed by atoms with van der Waals surface area (Å²) in [6, 6.07) is 7.81. The maximum atomic E-state index is 6.21. The van der Waals surface area contributed by atoms with Gasteiger partial charge in [-0.2, -0.15) is 10.2 Å². The summed E-state index contributed by atoms with van der Waals surface area (Å²) in [7, 11) is 0. The zero-order valence-electron chi connectivity index (χ0n) is 12.7. The third-order valence-corrected chi connectivity index (χ3v) is 4.28. The van der Waals surface area contributed by atoms with Crippen LogP contribution < -0.4 is 0 Å². The van der Waals surface area contributed by atoms with Gasteiger partial charge in [0.2, 0.25) is 0 Å². The largest absolute Gasteiger partial charge is 0.282 e. The van der Waals surface area contributed by atoms with Gasteiger partial charge in [0, 0.05) is 17.1 Å². The van der Waals surface area contributed by atoms with Crippen LogP contribution in [0.15, 0.2) is 30.6 Å². The van der Waals surface area contributed by atoms with Gasteiger partial charge in [-0.3, -0.25) is 5.10 Å². The molecule has 0 bridgehead atoms. The first kappa shape index (κ1) is 14.8. The highest BCUT2D eigenvalue weighted by Gasteiger charge is 2.10. The minimum atomic E-state index is 0.633. The molecule has 6 heteroatoms. The number of aromatic nitrogens is 5. The third-order valence-electron chi connectivity index (χ3n) is 3.91. The summed E-state index contributed by atoms with van der Waals surface area (Å²) in [6.45, 7) is 4.75. The van der Waals surface area contributed by atoms with E-state index in [1.165, 1.54) is 5.56 Å². The van der Waals surface area contributed by atoms with E-state index in [1.54, 1.807) is 6.33 Å². The molecule has 3 aromatic rings. The Labute approximate surface area is 134 Å². The molecule has 0 spiro atoms. The smallest absolute Gasteiger partial charge is 0.138 e. The van der Waals surface area contributed by atoms with E-state index in [0.717, 1.165) is 40.6 Å². The van der Waals surface area contributed by atoms with Crippen molar-refractivity contribution in [1.82, 2.24) is 25.0 Å². The lowest BCUT2D eigenvalue weighted by atomic mass is 10.1. The van der Waals surface area contributed by atoms with E-state index in [9.17, 15) is 0 Å². The molecule has 0 atom stereocenters. The lowest BCUT2D eigenvalue weighted by Gasteiger charge is -2.07. The number of benzene rings is 1. The zero-order chi connectivity index (χ0) is 15.5. The summed E-state index contributed by atoms with van der Waals surface area (Å²) in [6.07, 6.45) is 3.24. The Morgan fingerprint density at radius 3 is 2.73 bits per heavy atom. The van der Waals surface area contributed by atoms with Gasteiger partial charge in [0.05, 0.1) is 12.2 Å². The van der Waals surface area contributed by atoms with Gasteiger partial charge < -0.3 is 0 Å². The molecule has 0 aliphatic carbocycles. The summed E-state index contributed by atoms with van der Waals surface area (Å²) >= 11 is 6.21. The Balaban J connectivity index is 1.72. The molecule has 0 saturated carbocycles. The molecule has 2 heterocycles. The van der Waals surface area contributed by atoms with Gasteiger partial charge in [0.1, 0.15) is 12.2 Å². The van der Waals surface area contributed by atoms with Gasteiger partial charge in [-0.1, -0.05) is 29.8 Å². The molecule has 0 saturated heterocycles. The van der Waals surface area contributed by atoms with Crippen molar-refractivity contribution in [2.75, 3.05) is 0 Å². The molecule has 0 amide bonds. The first-order chi connectivity index (χ1) is 10.6. The number of nitrogens with zero attached hydrogens (tertiary/aromatic N) is 4. The molecule has 0 fully saturated rings. The van der Waals surface area contributed by atoms with Crippen LogP contribution in [0, 0.1) is 13.8 Å². The Bertz CT molecular complexity index is 774. The second-order valence-electron chi connectivity index (χ2n) is 5.35. The van der Waals surface area contributed by atoms with Gasteiger partial charge in [-0.05, 0) is 37.5 Å². The Morgan fingerprint density at radius 1 is 1.18 bits per heavy atom. The quantitative estimate of drug-likeness (QED) is 0.787. The number of aromatic amines is 1. The first-order valence-electron chi connectivity index (χ1n) is 7.25. The molecule has 0 unspecified atom stereocenters. The summed E-state index contributed by atoms with van der Waals surface area (Å²) in [5.74, 6) is 0.944. The Kier molecular flexibility index (Phi) is 4.24. The van der Waals surface area contributed by atoms with Crippen LogP contribution in [0.4, 0.5) is 0 Å². The van der Waals surface area contributed by atoms with E-state index in [4.69, 9.17) is 11.6 Å². The second kappa shape index (κ2) is 6.32. The predicted octanol–water partition coefficient (Wildman–Crippen LogP) is 3.10. The van der Waals surface area contributed by atoms with Gasteiger partial charge in [0.25, 0.3) is 0 Å². The number of hydrogen-bond acceptors (Lipinski definition) is 3. The minimum Gasteiger partial charge on any atom is -0.282 e. The molecule has 5 nitrogen and oxygen atoms in total. The fraction of sp³-hybridized carbons (Fsp3) is 0.312. The minimum absolute atomic E-state index is 0.633. The van der Waals surface area contributed by atoms with Crippen LogP contribution in [0.3, 0.4) is 0 Å². The van der Waals surface area contributed by atoms with Crippen LogP contribution in [0.25, 0.3) is 0 Å². The van der Waals surface area contributed by atoms with E-state index in [2.05, 4.69) is 27.2 Å². The van der Waals surface area contributed by atoms with Crippen molar-refractivity contribution in [3.63, 3.8) is 0 Å². The van der Waals surface area contributed by atoms with Crippen LogP contribution in [0.2, 0.25) is 5.02 Å². The van der Waals surface area contributed by atoms with E-state index >= 15 is 0 Å². The molecular weight excluding hydrogens is 298 g/mol. The molecule has 0 aliphatic heterocycles. The van der Waals surface area contributed by atoms with Gasteiger partial charge >= 0.3 is 0 Å². The zero-order valence-corrected chi connectivity index (χ0v) is 13.4. The van der Waals surface area contributed by atoms with E-state index in [1.807, 2.05) is 35.9 Å². The van der Waals surface area contributed by atoms with Crippen molar-refractivity contribution in [3.8, 4) is 0 Å². The maximum absolute atomic E-state index is 6.21. The Hall–Kier alpha value is -2.14. The van der Waals surface area contributed by atoms with Gasteiger partial charge in [0.15, 0.2) is 0 Å². The summed E-state index contributed by atoms with van der Waals surface area (Å²) in [5.41, 5.74) is 4.47. The average molecular weight is 316 g/mol. The molecule has 0 radical (unpaired) electrons. The van der Waals surface area contributed by atoms with Gasteiger partial charge in [-0.25, -0.2) is 9.67 Å². The number of H-pyrrole nitrogens is 1. The van der Waals surface area contributed by atoms with E-state index in [-0.39, 0.29) is 0 Å². The molecule has 2 aromatic heterocycles. The highest BCUT2D eigenvalue weighted by atomic mass is 35.5. The normalized spacial score (nSPS) is 11.0. The highest BCUT2D eigenvalue weighted by molar-refractivity contribution is 6.31. The monoisotopic (exact) mass is 315 g/mol. The Morgan fingerprint density at radius 2 is 2.00 bits per heavy atom. The van der Waals surface area contributed by atoms with Crippen molar-refractivity contribution in [3.05, 3.63) is 64.0 Å². The van der Waals surface area contributed by atoms with E-state index in [0.29, 0.717) is 6.54 Å². The van der Waals surface area contributed by atoms with Crippen molar-refractivity contribution < 1.29 is 0 Å². The standard InChI is InChI=1S/C16H18ClN5/c1-11-12(2)20-21-15(11)7-8-16-18-10-19-22(16)9-13-5-3-4-6-14(13)17/h3-6,10H,7-9H2,1-2H3,(H,20,21). The van der Waals surface area contributed by atoms with Crippen LogP contribution >= 0.6 is 11.6 Å². The van der Waals surface area contributed by atoms with Crippen molar-refractivity contribution in [2.24, 2.45) is 0 Å². The van der Waals surface area contributed by atoms with Crippen molar-refractivity contribution in [1.29, 1.82) is 0 Å². The van der Waals surface area contributed by atoms with Gasteiger partial charge in [-0.15, -0.1) is 0 Å². The highest BCUT2D eigenvalue weighted by Crippen LogP contribution is 2.17. The topological polar surface area (TPSA) is 59.4 Å². The first-order valence-corrected chi connectivity index (χ1v) is 7.63. The molecule has 22 heavy (non-hydrogen) atoms. The van der Waals surface area contributed by atoms with Crippen LogP contribution in [0.1, 0.15) is 28.3 Å². The van der Waals surface area contributed by atoms with Crippen LogP contribution in [-0.2, 0) is 19.4 Å². The fourth-order valence-electron chi connectivity index (χ4n) is 2.41. The molecule has 0 aliphatic rings. The van der Waals surface area contributed by atoms with E-state index < -0.39 is 0 Å². The number of aryl methyl sites for hydroxylation is 3. The summed E-state index contributed by atoms with van der Waals surface area (Å²) in [4.78, 5) is 4.36. The fourth-order valence-corrected chi connectivity index (χ4v) is 2.61. The lowest BCUT2D eigenvalue weighted by Crippen LogP contribution is -2.09. The average Bonchev–Trinajstić information content (AvgIpc) is 3.08. The lowest BCUT2D eigenvalue weighted by molar-refractivity contribution is 0.631. The maximum Gasteiger partial charge on any atom is 0.138 e. The molecular formula is C16H18ClN5. The third kappa shape index (κ3) is 3.04. The molecule has 3 rings (SSSR count). The van der Waals surface area contributed by atoms with Crippen molar-refractivity contribution >= 4 is 11.6 Å². The summed E-state index contributed by atoms with van der Waals surface area (Å²) < 4.78 is 1.90. The molecule has 114 valence electrons. The second-order valence-corrected chi connectivity index (χ2v) is 5.75. The predicted molar refractivity (Wildman–Crippen MR) is 86.0 cm³/mol. The van der Waals surface area contributed by atoms with Crippen molar-refractivity contribution in [2.45, 2.75) is 33.2 Å². The number of nitrogens with one attached hydrogen (secondary N) is 1. The SMILES string of the molecule is Cc1[nH]nc(CCc2ncnn2Cc2ccccc2Cl)c1C. The van der Waals surface area contributed by atoms with Crippen LogP contribution in [0.5, 0.6) is 0 Å². The van der Waals surface area contributed by atoms with Crippen LogP contribution in [-0.4, -0.2) is 25.0 Å². The number of hydrogen-bond donors (Lipinski definition) is 1. The number of rotatable bonds is 5. The molecule has 1 aromatic carbocycles. The number of halogens is 1. The summed E-state index contributed by atoms with van der Waals surface area (Å²) in [5, 5.41) is 12.4.